The fourth-order valence-corrected chi connectivity index (χ4v) is 1.47. The highest BCUT2D eigenvalue weighted by Crippen LogP contribution is 2.07. The average molecular weight is 228 g/mol. The van der Waals surface area contributed by atoms with Gasteiger partial charge in [-0.25, -0.2) is 0 Å². The molecule has 0 aromatic heterocycles. The molecule has 0 unspecified atom stereocenters. The SMILES string of the molecule is CNc1cccc(C)c1.Cc1cccc(N)c1. The van der Waals surface area contributed by atoms with Crippen molar-refractivity contribution in [1.82, 2.24) is 0 Å². The van der Waals surface area contributed by atoms with Crippen LogP contribution < -0.4 is 11.1 Å². The second kappa shape index (κ2) is 6.59. The first kappa shape index (κ1) is 13.1. The van der Waals surface area contributed by atoms with Gasteiger partial charge in [0.1, 0.15) is 0 Å². The predicted octanol–water partition coefficient (Wildman–Crippen LogP) is 3.61. The molecule has 2 rings (SSSR count). The van der Waals surface area contributed by atoms with Crippen LogP contribution in [0.1, 0.15) is 11.1 Å². The fourth-order valence-electron chi connectivity index (χ4n) is 1.47. The van der Waals surface area contributed by atoms with Crippen molar-refractivity contribution in [2.24, 2.45) is 0 Å². The summed E-state index contributed by atoms with van der Waals surface area (Å²) < 4.78 is 0. The second-order valence-corrected chi connectivity index (χ2v) is 4.03. The number of nitrogens with one attached hydrogen (secondary N) is 1. The lowest BCUT2D eigenvalue weighted by Crippen LogP contribution is -1.86. The van der Waals surface area contributed by atoms with E-state index in [1.165, 1.54) is 16.8 Å². The van der Waals surface area contributed by atoms with Crippen molar-refractivity contribution < 1.29 is 0 Å². The van der Waals surface area contributed by atoms with E-state index >= 15 is 0 Å². The summed E-state index contributed by atoms with van der Waals surface area (Å²) in [5.41, 5.74) is 9.98. The van der Waals surface area contributed by atoms with Crippen LogP contribution in [0.5, 0.6) is 0 Å². The third-order valence-corrected chi connectivity index (χ3v) is 2.35. The van der Waals surface area contributed by atoms with Gasteiger partial charge < -0.3 is 11.1 Å². The molecule has 0 radical (unpaired) electrons. The molecule has 0 saturated heterocycles. The number of anilines is 2. The lowest BCUT2D eigenvalue weighted by atomic mass is 10.2. The number of rotatable bonds is 1. The Hall–Kier alpha value is -1.96. The summed E-state index contributed by atoms with van der Waals surface area (Å²) in [4.78, 5) is 0. The van der Waals surface area contributed by atoms with Crippen molar-refractivity contribution >= 4 is 11.4 Å². The second-order valence-electron chi connectivity index (χ2n) is 4.03. The normalized spacial score (nSPS) is 9.12. The number of hydrogen-bond acceptors (Lipinski definition) is 2. The summed E-state index contributed by atoms with van der Waals surface area (Å²) >= 11 is 0. The van der Waals surface area contributed by atoms with E-state index in [0.717, 1.165) is 5.69 Å². The Bertz CT molecular complexity index is 447. The minimum atomic E-state index is 0.838. The van der Waals surface area contributed by atoms with Crippen LogP contribution in [0.15, 0.2) is 48.5 Å². The molecule has 0 bridgehead atoms. The summed E-state index contributed by atoms with van der Waals surface area (Å²) in [6.45, 7) is 4.11. The standard InChI is InChI=1S/C8H11N.C7H9N/c1-7-4-3-5-8(6-7)9-2;1-6-3-2-4-7(8)5-6/h3-6,9H,1-2H3;2-5H,8H2,1H3. The number of hydrogen-bond donors (Lipinski definition) is 2. The predicted molar refractivity (Wildman–Crippen MR) is 76.3 cm³/mol. The summed E-state index contributed by atoms with van der Waals surface area (Å²) in [6, 6.07) is 16.1. The zero-order valence-electron chi connectivity index (χ0n) is 10.7. The van der Waals surface area contributed by atoms with Gasteiger partial charge in [0.25, 0.3) is 0 Å². The van der Waals surface area contributed by atoms with Gasteiger partial charge in [0.15, 0.2) is 0 Å². The van der Waals surface area contributed by atoms with Crippen LogP contribution in [0, 0.1) is 13.8 Å². The average Bonchev–Trinajstić information content (AvgIpc) is 2.29. The van der Waals surface area contributed by atoms with E-state index in [1.807, 2.05) is 50.4 Å². The highest BCUT2D eigenvalue weighted by atomic mass is 14.8. The van der Waals surface area contributed by atoms with Gasteiger partial charge in [0.2, 0.25) is 0 Å². The molecule has 0 aliphatic rings. The van der Waals surface area contributed by atoms with Gasteiger partial charge in [-0.05, 0) is 49.2 Å². The first-order valence-corrected chi connectivity index (χ1v) is 5.68. The van der Waals surface area contributed by atoms with Gasteiger partial charge in [-0.2, -0.15) is 0 Å². The van der Waals surface area contributed by atoms with E-state index in [0.29, 0.717) is 0 Å². The van der Waals surface area contributed by atoms with E-state index in [9.17, 15) is 0 Å². The Kier molecular flexibility index (Phi) is 5.08. The maximum atomic E-state index is 5.46. The summed E-state index contributed by atoms with van der Waals surface area (Å²) in [7, 11) is 1.93. The monoisotopic (exact) mass is 228 g/mol. The summed E-state index contributed by atoms with van der Waals surface area (Å²) in [5.74, 6) is 0. The molecule has 0 heterocycles. The third-order valence-electron chi connectivity index (χ3n) is 2.35. The number of benzene rings is 2. The Balaban J connectivity index is 0.000000171. The van der Waals surface area contributed by atoms with E-state index < -0.39 is 0 Å². The topological polar surface area (TPSA) is 38.0 Å². The van der Waals surface area contributed by atoms with Gasteiger partial charge in [0.05, 0.1) is 0 Å². The maximum Gasteiger partial charge on any atom is 0.0340 e. The van der Waals surface area contributed by atoms with E-state index in [2.05, 4.69) is 24.4 Å². The van der Waals surface area contributed by atoms with E-state index in [4.69, 9.17) is 5.73 Å². The molecule has 2 nitrogen and oxygen atoms in total. The quantitative estimate of drug-likeness (QED) is 0.732. The molecular formula is C15H20N2. The van der Waals surface area contributed by atoms with Gasteiger partial charge in [-0.3, -0.25) is 0 Å². The van der Waals surface area contributed by atoms with Crippen molar-refractivity contribution in [3.63, 3.8) is 0 Å². The van der Waals surface area contributed by atoms with Crippen LogP contribution in [-0.4, -0.2) is 7.05 Å². The number of aryl methyl sites for hydroxylation is 2. The first-order chi connectivity index (χ1) is 8.11. The zero-order chi connectivity index (χ0) is 12.7. The molecule has 0 atom stereocenters. The molecule has 0 aliphatic heterocycles. The highest BCUT2D eigenvalue weighted by Gasteiger charge is 1.84. The van der Waals surface area contributed by atoms with E-state index in [1.54, 1.807) is 0 Å². The van der Waals surface area contributed by atoms with Gasteiger partial charge in [-0.15, -0.1) is 0 Å². The smallest absolute Gasteiger partial charge is 0.0340 e. The Labute approximate surface area is 103 Å². The zero-order valence-corrected chi connectivity index (χ0v) is 10.7. The largest absolute Gasteiger partial charge is 0.399 e. The van der Waals surface area contributed by atoms with Crippen molar-refractivity contribution in [3.05, 3.63) is 59.7 Å². The Morgan fingerprint density at radius 3 is 1.82 bits per heavy atom. The molecule has 2 heteroatoms. The molecule has 0 saturated carbocycles. The lowest BCUT2D eigenvalue weighted by Gasteiger charge is -1.98. The molecule has 0 amide bonds. The molecule has 2 aromatic carbocycles. The Morgan fingerprint density at radius 1 is 0.882 bits per heavy atom. The van der Waals surface area contributed by atoms with Crippen LogP contribution in [0.4, 0.5) is 11.4 Å². The third kappa shape index (κ3) is 5.07. The molecule has 0 aliphatic carbocycles. The molecule has 90 valence electrons. The van der Waals surface area contributed by atoms with E-state index in [-0.39, 0.29) is 0 Å². The summed E-state index contributed by atoms with van der Waals surface area (Å²) in [5, 5.41) is 3.07. The molecule has 3 N–H and O–H groups in total. The van der Waals surface area contributed by atoms with Crippen LogP contribution in [0.2, 0.25) is 0 Å². The Morgan fingerprint density at radius 2 is 1.47 bits per heavy atom. The fraction of sp³-hybridized carbons (Fsp3) is 0.200. The van der Waals surface area contributed by atoms with Crippen LogP contribution in [-0.2, 0) is 0 Å². The maximum absolute atomic E-state index is 5.46. The first-order valence-electron chi connectivity index (χ1n) is 5.68. The summed E-state index contributed by atoms with van der Waals surface area (Å²) in [6.07, 6.45) is 0. The molecule has 0 spiro atoms. The highest BCUT2D eigenvalue weighted by molar-refractivity contribution is 5.44. The number of nitrogen functional groups attached to an aromatic ring is 1. The minimum Gasteiger partial charge on any atom is -0.399 e. The van der Waals surface area contributed by atoms with Crippen LogP contribution in [0.3, 0.4) is 0 Å². The van der Waals surface area contributed by atoms with Gasteiger partial charge in [0, 0.05) is 18.4 Å². The van der Waals surface area contributed by atoms with Crippen molar-refractivity contribution in [2.75, 3.05) is 18.1 Å². The van der Waals surface area contributed by atoms with Crippen molar-refractivity contribution in [1.29, 1.82) is 0 Å². The van der Waals surface area contributed by atoms with Crippen molar-refractivity contribution in [2.45, 2.75) is 13.8 Å². The van der Waals surface area contributed by atoms with Gasteiger partial charge in [-0.1, -0.05) is 24.3 Å². The molecule has 17 heavy (non-hydrogen) atoms. The molecule has 2 aromatic rings. The van der Waals surface area contributed by atoms with Crippen LogP contribution in [0.25, 0.3) is 0 Å². The lowest BCUT2D eigenvalue weighted by molar-refractivity contribution is 1.43. The van der Waals surface area contributed by atoms with Gasteiger partial charge >= 0.3 is 0 Å². The minimum absolute atomic E-state index is 0.838. The van der Waals surface area contributed by atoms with Crippen molar-refractivity contribution in [3.8, 4) is 0 Å². The molecule has 0 fully saturated rings. The molecular weight excluding hydrogens is 208 g/mol. The number of nitrogens with two attached hydrogens (primary N) is 1. The van der Waals surface area contributed by atoms with Crippen LogP contribution >= 0.6 is 0 Å².